The Labute approximate surface area is 116 Å². The molecule has 0 aromatic heterocycles. The lowest BCUT2D eigenvalue weighted by atomic mass is 10.1. The molecule has 0 spiro atoms. The van der Waals surface area contributed by atoms with Crippen LogP contribution in [0.3, 0.4) is 0 Å². The predicted molar refractivity (Wildman–Crippen MR) is 76.7 cm³/mol. The van der Waals surface area contributed by atoms with Crippen molar-refractivity contribution in [1.29, 1.82) is 0 Å². The Bertz CT molecular complexity index is 406. The molecule has 1 aromatic rings. The molecular weight excluding hydrogens is 302 g/mol. The van der Waals surface area contributed by atoms with Crippen molar-refractivity contribution in [3.8, 4) is 5.75 Å². The Morgan fingerprint density at radius 2 is 2.29 bits per heavy atom. The topological polar surface area (TPSA) is 21.3 Å². The van der Waals surface area contributed by atoms with Crippen LogP contribution in [0.5, 0.6) is 5.75 Å². The fourth-order valence-corrected chi connectivity index (χ4v) is 1.77. The van der Waals surface area contributed by atoms with Crippen molar-refractivity contribution in [3.05, 3.63) is 39.3 Å². The van der Waals surface area contributed by atoms with E-state index in [0.717, 1.165) is 21.4 Å². The van der Waals surface area contributed by atoms with Gasteiger partial charge in [0, 0.05) is 21.6 Å². The average molecular weight is 319 g/mol. The summed E-state index contributed by atoms with van der Waals surface area (Å²) in [5, 5.41) is 3.21. The third kappa shape index (κ3) is 4.34. The highest BCUT2D eigenvalue weighted by molar-refractivity contribution is 9.10. The number of halogens is 2. The third-order valence-electron chi connectivity index (χ3n) is 2.52. The summed E-state index contributed by atoms with van der Waals surface area (Å²) in [6.45, 7) is 4.54. The fourth-order valence-electron chi connectivity index (χ4n) is 1.37. The molecule has 0 amide bonds. The molecule has 1 aromatic carbocycles. The molecule has 0 aliphatic heterocycles. The standard InChI is InChI=1S/C13H17BrClNO/c1-9(7-15)8-17-13-6-11(14)4-5-12(13)10(2)16-3/h4-7,10,16H,8H2,1-3H3/b9-7+. The lowest BCUT2D eigenvalue weighted by Crippen LogP contribution is -2.14. The molecule has 1 atom stereocenters. The quantitative estimate of drug-likeness (QED) is 0.876. The van der Waals surface area contributed by atoms with Gasteiger partial charge < -0.3 is 10.1 Å². The van der Waals surface area contributed by atoms with Crippen LogP contribution in [0.4, 0.5) is 0 Å². The van der Waals surface area contributed by atoms with Gasteiger partial charge in [0.1, 0.15) is 12.4 Å². The number of benzene rings is 1. The molecule has 94 valence electrons. The maximum Gasteiger partial charge on any atom is 0.125 e. The van der Waals surface area contributed by atoms with Crippen molar-refractivity contribution in [2.75, 3.05) is 13.7 Å². The molecular formula is C13H17BrClNO. The minimum atomic E-state index is 0.249. The zero-order valence-corrected chi connectivity index (χ0v) is 12.6. The zero-order chi connectivity index (χ0) is 12.8. The van der Waals surface area contributed by atoms with Gasteiger partial charge >= 0.3 is 0 Å². The van der Waals surface area contributed by atoms with E-state index in [4.69, 9.17) is 16.3 Å². The lowest BCUT2D eigenvalue weighted by Gasteiger charge is -2.17. The van der Waals surface area contributed by atoms with Crippen molar-refractivity contribution in [3.63, 3.8) is 0 Å². The van der Waals surface area contributed by atoms with E-state index < -0.39 is 0 Å². The molecule has 0 aliphatic carbocycles. The average Bonchev–Trinajstić information content (AvgIpc) is 2.35. The summed E-state index contributed by atoms with van der Waals surface area (Å²) in [6.07, 6.45) is 0. The summed E-state index contributed by atoms with van der Waals surface area (Å²) in [6, 6.07) is 6.30. The zero-order valence-electron chi connectivity index (χ0n) is 10.3. The van der Waals surface area contributed by atoms with Crippen LogP contribution in [-0.4, -0.2) is 13.7 Å². The minimum Gasteiger partial charge on any atom is -0.489 e. The van der Waals surface area contributed by atoms with E-state index >= 15 is 0 Å². The Kier molecular flexibility index (Phi) is 6.03. The maximum atomic E-state index is 5.77. The Morgan fingerprint density at radius 1 is 1.59 bits per heavy atom. The van der Waals surface area contributed by atoms with Crippen molar-refractivity contribution in [2.24, 2.45) is 0 Å². The van der Waals surface area contributed by atoms with Gasteiger partial charge in [-0.2, -0.15) is 0 Å². The monoisotopic (exact) mass is 317 g/mol. The first-order valence-corrected chi connectivity index (χ1v) is 6.66. The molecule has 2 nitrogen and oxygen atoms in total. The molecule has 0 aliphatic rings. The molecule has 4 heteroatoms. The molecule has 0 saturated heterocycles. The van der Waals surface area contributed by atoms with Gasteiger partial charge in [-0.3, -0.25) is 0 Å². The van der Waals surface area contributed by atoms with E-state index in [0.29, 0.717) is 6.61 Å². The predicted octanol–water partition coefficient (Wildman–Crippen LogP) is 4.25. The number of hydrogen-bond donors (Lipinski definition) is 1. The van der Waals surface area contributed by atoms with E-state index in [-0.39, 0.29) is 6.04 Å². The van der Waals surface area contributed by atoms with Crippen LogP contribution >= 0.6 is 27.5 Å². The van der Waals surface area contributed by atoms with E-state index in [1.165, 1.54) is 0 Å². The SMILES string of the molecule is CNC(C)c1ccc(Br)cc1OC/C(C)=C/Cl. The normalized spacial score (nSPS) is 13.6. The first kappa shape index (κ1) is 14.6. The van der Waals surface area contributed by atoms with Crippen molar-refractivity contribution in [1.82, 2.24) is 5.32 Å². The van der Waals surface area contributed by atoms with Crippen LogP contribution in [0.1, 0.15) is 25.5 Å². The number of nitrogens with one attached hydrogen (secondary N) is 1. The molecule has 0 fully saturated rings. The van der Waals surface area contributed by atoms with E-state index in [1.54, 1.807) is 5.54 Å². The van der Waals surface area contributed by atoms with Gasteiger partial charge in [-0.15, -0.1) is 0 Å². The van der Waals surface area contributed by atoms with Gasteiger partial charge in [0.2, 0.25) is 0 Å². The summed E-state index contributed by atoms with van der Waals surface area (Å²) in [5.41, 5.74) is 3.67. The first-order valence-electron chi connectivity index (χ1n) is 5.43. The van der Waals surface area contributed by atoms with Gasteiger partial charge in [0.05, 0.1) is 0 Å². The van der Waals surface area contributed by atoms with Crippen molar-refractivity contribution < 1.29 is 4.74 Å². The summed E-state index contributed by atoms with van der Waals surface area (Å²) in [4.78, 5) is 0. The molecule has 17 heavy (non-hydrogen) atoms. The lowest BCUT2D eigenvalue weighted by molar-refractivity contribution is 0.344. The van der Waals surface area contributed by atoms with Gasteiger partial charge in [0.15, 0.2) is 0 Å². The molecule has 0 radical (unpaired) electrons. The van der Waals surface area contributed by atoms with Crippen LogP contribution in [0, 0.1) is 0 Å². The van der Waals surface area contributed by atoms with Gasteiger partial charge in [0.25, 0.3) is 0 Å². The summed E-state index contributed by atoms with van der Waals surface area (Å²) in [5.74, 6) is 0.874. The van der Waals surface area contributed by atoms with Gasteiger partial charge in [-0.05, 0) is 38.6 Å². The van der Waals surface area contributed by atoms with Crippen LogP contribution in [0.25, 0.3) is 0 Å². The summed E-state index contributed by atoms with van der Waals surface area (Å²) in [7, 11) is 1.93. The third-order valence-corrected chi connectivity index (χ3v) is 3.38. The van der Waals surface area contributed by atoms with Crippen molar-refractivity contribution >= 4 is 27.5 Å². The second-order valence-corrected chi connectivity index (χ2v) is 5.07. The number of ether oxygens (including phenoxy) is 1. The molecule has 1 rings (SSSR count). The minimum absolute atomic E-state index is 0.249. The summed E-state index contributed by atoms with van der Waals surface area (Å²) >= 11 is 9.07. The van der Waals surface area contributed by atoms with E-state index in [9.17, 15) is 0 Å². The Morgan fingerprint density at radius 3 is 2.88 bits per heavy atom. The van der Waals surface area contributed by atoms with Crippen LogP contribution < -0.4 is 10.1 Å². The molecule has 0 bridgehead atoms. The van der Waals surface area contributed by atoms with E-state index in [1.807, 2.05) is 26.1 Å². The van der Waals surface area contributed by atoms with Crippen LogP contribution in [0.15, 0.2) is 33.8 Å². The van der Waals surface area contributed by atoms with Gasteiger partial charge in [-0.1, -0.05) is 33.6 Å². The smallest absolute Gasteiger partial charge is 0.125 e. The highest BCUT2D eigenvalue weighted by atomic mass is 79.9. The highest BCUT2D eigenvalue weighted by Crippen LogP contribution is 2.28. The molecule has 1 unspecified atom stereocenters. The Hall–Kier alpha value is -0.510. The number of rotatable bonds is 5. The summed E-state index contributed by atoms with van der Waals surface area (Å²) < 4.78 is 6.78. The second-order valence-electron chi connectivity index (χ2n) is 3.94. The fraction of sp³-hybridized carbons (Fsp3) is 0.385. The Balaban J connectivity index is 2.91. The maximum absolute atomic E-state index is 5.77. The number of hydrogen-bond acceptors (Lipinski definition) is 2. The van der Waals surface area contributed by atoms with E-state index in [2.05, 4.69) is 34.2 Å². The highest BCUT2D eigenvalue weighted by Gasteiger charge is 2.10. The largest absolute Gasteiger partial charge is 0.489 e. The molecule has 0 saturated carbocycles. The van der Waals surface area contributed by atoms with Gasteiger partial charge in [-0.25, -0.2) is 0 Å². The molecule has 0 heterocycles. The van der Waals surface area contributed by atoms with Crippen molar-refractivity contribution in [2.45, 2.75) is 19.9 Å². The molecule has 1 N–H and O–H groups in total. The van der Waals surface area contributed by atoms with Crippen LogP contribution in [-0.2, 0) is 0 Å². The van der Waals surface area contributed by atoms with Crippen LogP contribution in [0.2, 0.25) is 0 Å². The second kappa shape index (κ2) is 7.04. The first-order chi connectivity index (χ1) is 8.08.